The monoisotopic (exact) mass is 261 g/mol. The van der Waals surface area contributed by atoms with Gasteiger partial charge in [0.15, 0.2) is 12.7 Å². The number of para-hydroxylation sites is 1. The molecule has 1 aromatic carbocycles. The van der Waals surface area contributed by atoms with E-state index in [1.54, 1.807) is 0 Å². The number of hydrogen-bond acceptors (Lipinski definition) is 0. The van der Waals surface area contributed by atoms with Gasteiger partial charge in [0.2, 0.25) is 5.69 Å². The highest BCUT2D eigenvalue weighted by Crippen LogP contribution is 2.28. The summed E-state index contributed by atoms with van der Waals surface area (Å²) in [6.07, 6.45) is 7.86. The molecule has 0 fully saturated rings. The van der Waals surface area contributed by atoms with Gasteiger partial charge in [-0.15, -0.1) is 0 Å². The summed E-state index contributed by atoms with van der Waals surface area (Å²) in [5, 5.41) is 1.33. The Labute approximate surface area is 118 Å². The van der Waals surface area contributed by atoms with E-state index in [9.17, 15) is 0 Å². The summed E-state index contributed by atoms with van der Waals surface area (Å²) in [6, 6.07) is 15.0. The van der Waals surface area contributed by atoms with Crippen molar-refractivity contribution in [1.82, 2.24) is 4.57 Å². The Morgan fingerprint density at radius 3 is 2.90 bits per heavy atom. The molecular weight excluding hydrogens is 244 g/mol. The lowest BCUT2D eigenvalue weighted by atomic mass is 10.1. The fraction of sp³-hybridized carbons (Fsp3) is 0.167. The SMILES string of the molecule is Cn1cc(/C=C2\CC[n+]3ccccc32)c2ccccc21. The molecule has 0 saturated carbocycles. The Morgan fingerprint density at radius 1 is 1.10 bits per heavy atom. The van der Waals surface area contributed by atoms with E-state index in [1.807, 2.05) is 0 Å². The Kier molecular flexibility index (Phi) is 2.49. The number of benzene rings is 1. The van der Waals surface area contributed by atoms with E-state index in [0.717, 1.165) is 13.0 Å². The van der Waals surface area contributed by atoms with Crippen molar-refractivity contribution in [3.05, 3.63) is 66.1 Å². The summed E-state index contributed by atoms with van der Waals surface area (Å²) in [6.45, 7) is 1.09. The van der Waals surface area contributed by atoms with Gasteiger partial charge in [-0.1, -0.05) is 18.2 Å². The van der Waals surface area contributed by atoms with Crippen molar-refractivity contribution in [1.29, 1.82) is 0 Å². The van der Waals surface area contributed by atoms with Crippen LogP contribution < -0.4 is 4.57 Å². The lowest BCUT2D eigenvalue weighted by Crippen LogP contribution is -2.31. The van der Waals surface area contributed by atoms with Crippen LogP contribution in [0.2, 0.25) is 0 Å². The zero-order chi connectivity index (χ0) is 13.5. The van der Waals surface area contributed by atoms with Crippen LogP contribution in [-0.2, 0) is 13.6 Å². The van der Waals surface area contributed by atoms with Gasteiger partial charge in [-0.05, 0) is 18.2 Å². The topological polar surface area (TPSA) is 8.81 Å². The molecule has 0 unspecified atom stereocenters. The predicted octanol–water partition coefficient (Wildman–Crippen LogP) is 3.41. The molecule has 0 N–H and O–H groups in total. The minimum Gasteiger partial charge on any atom is -0.350 e. The largest absolute Gasteiger partial charge is 0.350 e. The Morgan fingerprint density at radius 2 is 1.95 bits per heavy atom. The van der Waals surface area contributed by atoms with E-state index < -0.39 is 0 Å². The van der Waals surface area contributed by atoms with Gasteiger partial charge in [-0.3, -0.25) is 0 Å². The van der Waals surface area contributed by atoms with Crippen LogP contribution in [0.5, 0.6) is 0 Å². The summed E-state index contributed by atoms with van der Waals surface area (Å²) in [5.41, 5.74) is 5.39. The number of rotatable bonds is 1. The van der Waals surface area contributed by atoms with Gasteiger partial charge in [0, 0.05) is 53.8 Å². The average molecular weight is 261 g/mol. The number of fused-ring (bicyclic) bond motifs is 2. The molecular formula is C18H17N2+. The lowest BCUT2D eigenvalue weighted by molar-refractivity contribution is -0.689. The van der Waals surface area contributed by atoms with Crippen molar-refractivity contribution in [2.75, 3.05) is 0 Å². The number of aromatic nitrogens is 2. The van der Waals surface area contributed by atoms with E-state index >= 15 is 0 Å². The summed E-state index contributed by atoms with van der Waals surface area (Å²) in [5.74, 6) is 0. The first-order valence-electron chi connectivity index (χ1n) is 7.06. The van der Waals surface area contributed by atoms with Crippen molar-refractivity contribution in [2.45, 2.75) is 13.0 Å². The number of nitrogens with zero attached hydrogens (tertiary/aromatic N) is 2. The molecule has 3 aromatic rings. The second-order valence-corrected chi connectivity index (χ2v) is 5.41. The van der Waals surface area contributed by atoms with E-state index in [4.69, 9.17) is 0 Å². The summed E-state index contributed by atoms with van der Waals surface area (Å²) >= 11 is 0. The number of allylic oxidation sites excluding steroid dienone is 1. The zero-order valence-electron chi connectivity index (χ0n) is 11.6. The van der Waals surface area contributed by atoms with Gasteiger partial charge in [0.1, 0.15) is 0 Å². The summed E-state index contributed by atoms with van der Waals surface area (Å²) < 4.78 is 4.53. The van der Waals surface area contributed by atoms with Crippen LogP contribution in [0.15, 0.2) is 54.9 Å². The van der Waals surface area contributed by atoms with Crippen LogP contribution in [0, 0.1) is 0 Å². The minimum absolute atomic E-state index is 1.09. The quantitative estimate of drug-likeness (QED) is 0.594. The third kappa shape index (κ3) is 1.68. The number of aryl methyl sites for hydroxylation is 2. The summed E-state index contributed by atoms with van der Waals surface area (Å²) in [4.78, 5) is 0. The molecule has 0 amide bonds. The normalized spacial score (nSPS) is 15.9. The molecule has 20 heavy (non-hydrogen) atoms. The molecule has 0 saturated heterocycles. The molecule has 2 heteroatoms. The third-order valence-electron chi connectivity index (χ3n) is 4.15. The number of hydrogen-bond donors (Lipinski definition) is 0. The molecule has 98 valence electrons. The molecule has 4 rings (SSSR count). The third-order valence-corrected chi connectivity index (χ3v) is 4.15. The van der Waals surface area contributed by atoms with Crippen molar-refractivity contribution in [2.24, 2.45) is 7.05 Å². The minimum atomic E-state index is 1.09. The van der Waals surface area contributed by atoms with Crippen LogP contribution >= 0.6 is 0 Å². The van der Waals surface area contributed by atoms with E-state index in [1.165, 1.54) is 27.7 Å². The van der Waals surface area contributed by atoms with Gasteiger partial charge in [-0.2, -0.15) is 4.57 Å². The first-order chi connectivity index (χ1) is 9.83. The molecule has 0 radical (unpaired) electrons. The molecule has 0 atom stereocenters. The molecule has 1 aliphatic heterocycles. The maximum absolute atomic E-state index is 2.35. The molecule has 2 nitrogen and oxygen atoms in total. The van der Waals surface area contributed by atoms with Crippen LogP contribution in [0.1, 0.15) is 17.7 Å². The van der Waals surface area contributed by atoms with Gasteiger partial charge in [-0.25, -0.2) is 0 Å². The first kappa shape index (κ1) is 11.5. The van der Waals surface area contributed by atoms with Crippen molar-refractivity contribution < 1.29 is 4.57 Å². The van der Waals surface area contributed by atoms with Crippen LogP contribution in [0.25, 0.3) is 22.6 Å². The van der Waals surface area contributed by atoms with Crippen LogP contribution in [0.3, 0.4) is 0 Å². The smallest absolute Gasteiger partial charge is 0.208 e. The van der Waals surface area contributed by atoms with Crippen molar-refractivity contribution in [3.8, 4) is 0 Å². The fourth-order valence-corrected chi connectivity index (χ4v) is 3.15. The highest BCUT2D eigenvalue weighted by atomic mass is 15.0. The standard InChI is InChI=1S/C18H17N2/c1-19-13-15(16-6-2-3-8-18(16)19)12-14-9-11-20-10-5-4-7-17(14)20/h2-8,10,12-13H,9,11H2,1H3/q+1. The lowest BCUT2D eigenvalue weighted by Gasteiger charge is -1.95. The average Bonchev–Trinajstić information content (AvgIpc) is 3.03. The Hall–Kier alpha value is -2.35. The molecule has 2 aromatic heterocycles. The second-order valence-electron chi connectivity index (χ2n) is 5.41. The molecule has 0 bridgehead atoms. The maximum Gasteiger partial charge on any atom is 0.208 e. The summed E-state index contributed by atoms with van der Waals surface area (Å²) in [7, 11) is 2.11. The highest BCUT2D eigenvalue weighted by molar-refractivity contribution is 5.94. The molecule has 1 aliphatic rings. The molecule has 0 aliphatic carbocycles. The van der Waals surface area contributed by atoms with Crippen LogP contribution in [0.4, 0.5) is 0 Å². The van der Waals surface area contributed by atoms with E-state index in [0.29, 0.717) is 0 Å². The zero-order valence-corrected chi connectivity index (χ0v) is 11.6. The van der Waals surface area contributed by atoms with E-state index in [-0.39, 0.29) is 0 Å². The van der Waals surface area contributed by atoms with E-state index in [2.05, 4.69) is 77.1 Å². The van der Waals surface area contributed by atoms with Gasteiger partial charge < -0.3 is 4.57 Å². The highest BCUT2D eigenvalue weighted by Gasteiger charge is 2.23. The first-order valence-corrected chi connectivity index (χ1v) is 7.06. The predicted molar refractivity (Wildman–Crippen MR) is 82.0 cm³/mol. The van der Waals surface area contributed by atoms with Gasteiger partial charge in [0.05, 0.1) is 0 Å². The Bertz CT molecular complexity index is 824. The van der Waals surface area contributed by atoms with Gasteiger partial charge in [0.25, 0.3) is 0 Å². The van der Waals surface area contributed by atoms with Crippen molar-refractivity contribution in [3.63, 3.8) is 0 Å². The number of pyridine rings is 1. The van der Waals surface area contributed by atoms with Gasteiger partial charge >= 0.3 is 0 Å². The van der Waals surface area contributed by atoms with Crippen LogP contribution in [-0.4, -0.2) is 4.57 Å². The van der Waals surface area contributed by atoms with Crippen molar-refractivity contribution >= 4 is 22.6 Å². The molecule has 3 heterocycles. The Balaban J connectivity index is 1.88. The molecule has 0 spiro atoms. The second kappa shape index (κ2) is 4.34. The fourth-order valence-electron chi connectivity index (χ4n) is 3.15. The maximum atomic E-state index is 2.35.